The van der Waals surface area contributed by atoms with Crippen LogP contribution < -0.4 is 10.1 Å². The van der Waals surface area contributed by atoms with Crippen LogP contribution in [0.3, 0.4) is 0 Å². The third-order valence-electron chi connectivity index (χ3n) is 4.91. The highest BCUT2D eigenvalue weighted by molar-refractivity contribution is 6.21. The van der Waals surface area contributed by atoms with Gasteiger partial charge >= 0.3 is 0 Å². The van der Waals surface area contributed by atoms with Gasteiger partial charge in [-0.25, -0.2) is 0 Å². The number of amides is 3. The lowest BCUT2D eigenvalue weighted by molar-refractivity contribution is 0.0693. The molecule has 7 heteroatoms. The molecule has 1 aliphatic rings. The third-order valence-corrected chi connectivity index (χ3v) is 4.91. The SMILES string of the molecule is COc1cccc(C(CNC(=O)c2ccc3c(c2)C(=O)N(C)C3=O)N(C)C)c1. The maximum atomic E-state index is 12.6. The minimum absolute atomic E-state index is 0.0529. The van der Waals surface area contributed by atoms with Crippen molar-refractivity contribution in [1.82, 2.24) is 15.1 Å². The Hall–Kier alpha value is -3.19. The molecule has 146 valence electrons. The van der Waals surface area contributed by atoms with Crippen LogP contribution in [0.4, 0.5) is 0 Å². The van der Waals surface area contributed by atoms with Crippen LogP contribution in [-0.2, 0) is 0 Å². The lowest BCUT2D eigenvalue weighted by atomic mass is 10.0. The zero-order valence-electron chi connectivity index (χ0n) is 16.4. The van der Waals surface area contributed by atoms with E-state index in [1.54, 1.807) is 13.2 Å². The van der Waals surface area contributed by atoms with Crippen molar-refractivity contribution in [2.75, 3.05) is 34.8 Å². The zero-order valence-corrected chi connectivity index (χ0v) is 16.4. The minimum atomic E-state index is -0.391. The van der Waals surface area contributed by atoms with E-state index in [1.165, 1.54) is 19.2 Å². The Bertz CT molecular complexity index is 939. The Labute approximate surface area is 163 Å². The van der Waals surface area contributed by atoms with E-state index < -0.39 is 5.91 Å². The number of likely N-dealkylation sites (N-methyl/N-ethyl adjacent to an activating group) is 1. The first-order valence-electron chi connectivity index (χ1n) is 8.88. The number of nitrogens with one attached hydrogen (secondary N) is 1. The fraction of sp³-hybridized carbons (Fsp3) is 0.286. The van der Waals surface area contributed by atoms with E-state index in [9.17, 15) is 14.4 Å². The predicted octanol–water partition coefficient (Wildman–Crippen LogP) is 1.95. The summed E-state index contributed by atoms with van der Waals surface area (Å²) in [7, 11) is 6.92. The molecule has 0 saturated carbocycles. The quantitative estimate of drug-likeness (QED) is 0.774. The Morgan fingerprint density at radius 3 is 2.50 bits per heavy atom. The maximum Gasteiger partial charge on any atom is 0.261 e. The summed E-state index contributed by atoms with van der Waals surface area (Å²) in [5.74, 6) is -0.288. The van der Waals surface area contributed by atoms with E-state index >= 15 is 0 Å². The van der Waals surface area contributed by atoms with Crippen LogP contribution in [0.1, 0.15) is 42.7 Å². The van der Waals surface area contributed by atoms with E-state index in [-0.39, 0.29) is 23.4 Å². The Kier molecular flexibility index (Phi) is 5.46. The van der Waals surface area contributed by atoms with Crippen LogP contribution >= 0.6 is 0 Å². The Morgan fingerprint density at radius 1 is 1.11 bits per heavy atom. The summed E-state index contributed by atoms with van der Waals surface area (Å²) in [6.45, 7) is 0.378. The van der Waals surface area contributed by atoms with Crippen LogP contribution in [-0.4, -0.2) is 62.3 Å². The van der Waals surface area contributed by atoms with Crippen molar-refractivity contribution in [2.45, 2.75) is 6.04 Å². The normalized spacial score (nSPS) is 14.2. The Balaban J connectivity index is 1.76. The molecule has 0 aromatic heterocycles. The van der Waals surface area contributed by atoms with E-state index in [0.717, 1.165) is 16.2 Å². The molecule has 1 atom stereocenters. The largest absolute Gasteiger partial charge is 0.497 e. The van der Waals surface area contributed by atoms with Crippen LogP contribution in [0.15, 0.2) is 42.5 Å². The number of rotatable bonds is 6. The van der Waals surface area contributed by atoms with Crippen molar-refractivity contribution < 1.29 is 19.1 Å². The molecule has 0 bridgehead atoms. The molecule has 2 aromatic carbocycles. The van der Waals surface area contributed by atoms with Crippen molar-refractivity contribution >= 4 is 17.7 Å². The summed E-state index contributed by atoms with van der Waals surface area (Å²) >= 11 is 0. The number of hydrogen-bond donors (Lipinski definition) is 1. The molecule has 1 heterocycles. The number of methoxy groups -OCH3 is 1. The number of imide groups is 1. The van der Waals surface area contributed by atoms with E-state index in [2.05, 4.69) is 5.32 Å². The van der Waals surface area contributed by atoms with Gasteiger partial charge in [-0.2, -0.15) is 0 Å². The topological polar surface area (TPSA) is 79.0 Å². The van der Waals surface area contributed by atoms with Crippen LogP contribution in [0.25, 0.3) is 0 Å². The second-order valence-electron chi connectivity index (χ2n) is 6.90. The summed E-state index contributed by atoms with van der Waals surface area (Å²) in [6, 6.07) is 12.2. The number of hydrogen-bond acceptors (Lipinski definition) is 5. The highest BCUT2D eigenvalue weighted by Crippen LogP contribution is 2.24. The number of ether oxygens (including phenoxy) is 1. The lowest BCUT2D eigenvalue weighted by Gasteiger charge is -2.25. The summed E-state index contributed by atoms with van der Waals surface area (Å²) in [4.78, 5) is 39.8. The zero-order chi connectivity index (χ0) is 20.4. The second kappa shape index (κ2) is 7.82. The van der Waals surface area contributed by atoms with Gasteiger partial charge in [0.25, 0.3) is 17.7 Å². The second-order valence-corrected chi connectivity index (χ2v) is 6.90. The van der Waals surface area contributed by atoms with Gasteiger partial charge in [0.15, 0.2) is 0 Å². The highest BCUT2D eigenvalue weighted by atomic mass is 16.5. The van der Waals surface area contributed by atoms with Crippen molar-refractivity contribution in [3.63, 3.8) is 0 Å². The molecule has 0 radical (unpaired) electrons. The fourth-order valence-corrected chi connectivity index (χ4v) is 3.24. The van der Waals surface area contributed by atoms with Gasteiger partial charge in [-0.05, 0) is 50.0 Å². The average Bonchev–Trinajstić information content (AvgIpc) is 2.91. The monoisotopic (exact) mass is 381 g/mol. The van der Waals surface area contributed by atoms with Crippen molar-refractivity contribution in [2.24, 2.45) is 0 Å². The molecule has 0 saturated heterocycles. The molecule has 2 aromatic rings. The number of carbonyl (C=O) groups excluding carboxylic acids is 3. The number of benzene rings is 2. The first-order chi connectivity index (χ1) is 13.3. The molecule has 0 aliphatic carbocycles. The Morgan fingerprint density at radius 2 is 1.82 bits per heavy atom. The molecule has 28 heavy (non-hydrogen) atoms. The van der Waals surface area contributed by atoms with Gasteiger partial charge in [0, 0.05) is 19.2 Å². The number of carbonyl (C=O) groups is 3. The van der Waals surface area contributed by atoms with E-state index in [4.69, 9.17) is 4.74 Å². The smallest absolute Gasteiger partial charge is 0.261 e. The molecular weight excluding hydrogens is 358 g/mol. The first kappa shape index (κ1) is 19.6. The first-order valence-corrected chi connectivity index (χ1v) is 8.88. The summed E-state index contributed by atoms with van der Waals surface area (Å²) < 4.78 is 5.28. The summed E-state index contributed by atoms with van der Waals surface area (Å²) in [5.41, 5.74) is 1.95. The molecular formula is C21H23N3O4. The minimum Gasteiger partial charge on any atom is -0.497 e. The standard InChI is InChI=1S/C21H23N3O4/c1-23(2)18(13-6-5-7-15(10-13)28-4)12-22-19(25)14-8-9-16-17(11-14)21(27)24(3)20(16)26/h5-11,18H,12H2,1-4H3,(H,22,25). The van der Waals surface area contributed by atoms with Crippen LogP contribution in [0.2, 0.25) is 0 Å². The fourth-order valence-electron chi connectivity index (χ4n) is 3.24. The third kappa shape index (κ3) is 3.61. The molecule has 1 unspecified atom stereocenters. The van der Waals surface area contributed by atoms with Gasteiger partial charge in [-0.1, -0.05) is 12.1 Å². The molecule has 1 N–H and O–H groups in total. The average molecular weight is 381 g/mol. The van der Waals surface area contributed by atoms with Gasteiger partial charge in [0.2, 0.25) is 0 Å². The van der Waals surface area contributed by atoms with E-state index in [0.29, 0.717) is 17.7 Å². The molecule has 1 aliphatic heterocycles. The van der Waals surface area contributed by atoms with E-state index in [1.807, 2.05) is 43.3 Å². The molecule has 7 nitrogen and oxygen atoms in total. The predicted molar refractivity (Wildman–Crippen MR) is 105 cm³/mol. The molecule has 3 amide bonds. The van der Waals surface area contributed by atoms with Crippen LogP contribution in [0.5, 0.6) is 5.75 Å². The molecule has 0 fully saturated rings. The van der Waals surface area contributed by atoms with Crippen molar-refractivity contribution in [1.29, 1.82) is 0 Å². The van der Waals surface area contributed by atoms with Crippen LogP contribution in [0, 0.1) is 0 Å². The summed E-state index contributed by atoms with van der Waals surface area (Å²) in [5, 5.41) is 2.91. The molecule has 3 rings (SSSR count). The number of nitrogens with zero attached hydrogens (tertiary/aromatic N) is 2. The van der Waals surface area contributed by atoms with Gasteiger partial charge in [0.05, 0.1) is 24.3 Å². The lowest BCUT2D eigenvalue weighted by Crippen LogP contribution is -2.34. The molecule has 0 spiro atoms. The number of fused-ring (bicyclic) bond motifs is 1. The van der Waals surface area contributed by atoms with Crippen molar-refractivity contribution in [3.8, 4) is 5.75 Å². The van der Waals surface area contributed by atoms with Gasteiger partial charge in [0.1, 0.15) is 5.75 Å². The van der Waals surface area contributed by atoms with Gasteiger partial charge in [-0.3, -0.25) is 19.3 Å². The summed E-state index contributed by atoms with van der Waals surface area (Å²) in [6.07, 6.45) is 0. The highest BCUT2D eigenvalue weighted by Gasteiger charge is 2.33. The van der Waals surface area contributed by atoms with Crippen molar-refractivity contribution in [3.05, 3.63) is 64.7 Å². The van der Waals surface area contributed by atoms with Gasteiger partial charge in [-0.15, -0.1) is 0 Å². The van der Waals surface area contributed by atoms with Gasteiger partial charge < -0.3 is 15.0 Å². The maximum absolute atomic E-state index is 12.6.